The van der Waals surface area contributed by atoms with E-state index < -0.39 is 0 Å². The minimum absolute atomic E-state index is 0.146. The van der Waals surface area contributed by atoms with Crippen LogP contribution in [-0.4, -0.2) is 13.0 Å². The molecule has 1 fully saturated rings. The van der Waals surface area contributed by atoms with Crippen LogP contribution in [0.3, 0.4) is 0 Å². The Morgan fingerprint density at radius 3 is 2.53 bits per heavy atom. The van der Waals surface area contributed by atoms with Gasteiger partial charge in [0, 0.05) is 13.0 Å². The number of nitrogens with zero attached hydrogens (tertiary/aromatic N) is 1. The van der Waals surface area contributed by atoms with Gasteiger partial charge in [-0.05, 0) is 25.0 Å². The number of amides is 1. The van der Waals surface area contributed by atoms with Gasteiger partial charge >= 0.3 is 0 Å². The predicted octanol–water partition coefficient (Wildman–Crippen LogP) is 1.95. The Hall–Kier alpha value is -1.51. The van der Waals surface area contributed by atoms with E-state index in [0.29, 0.717) is 0 Å². The van der Waals surface area contributed by atoms with Crippen LogP contribution in [-0.2, 0) is 4.79 Å². The van der Waals surface area contributed by atoms with Crippen molar-refractivity contribution in [3.63, 3.8) is 0 Å². The van der Waals surface area contributed by atoms with Gasteiger partial charge in [-0.15, -0.1) is 0 Å². The highest BCUT2D eigenvalue weighted by Crippen LogP contribution is 2.26. The van der Waals surface area contributed by atoms with Gasteiger partial charge in [0.25, 0.3) is 0 Å². The summed E-state index contributed by atoms with van der Waals surface area (Å²) < 4.78 is 0. The predicted molar refractivity (Wildman–Crippen MR) is 60.3 cm³/mol. The SMILES string of the molecule is CN(NC(=O)C1CCC1)c1ccccc1. The zero-order chi connectivity index (χ0) is 10.7. The second-order valence-corrected chi connectivity index (χ2v) is 4.00. The molecule has 0 radical (unpaired) electrons. The molecular formula is C12H16N2O. The van der Waals surface area contributed by atoms with Crippen molar-refractivity contribution in [3.8, 4) is 0 Å². The van der Waals surface area contributed by atoms with Gasteiger partial charge in [0.05, 0.1) is 5.69 Å². The summed E-state index contributed by atoms with van der Waals surface area (Å²) in [6.45, 7) is 0. The molecule has 80 valence electrons. The first-order chi connectivity index (χ1) is 7.27. The molecule has 1 saturated carbocycles. The Morgan fingerprint density at radius 1 is 1.33 bits per heavy atom. The average molecular weight is 204 g/mol. The van der Waals surface area contributed by atoms with Gasteiger partial charge in [-0.2, -0.15) is 0 Å². The zero-order valence-electron chi connectivity index (χ0n) is 8.94. The molecule has 2 rings (SSSR count). The Labute approximate surface area is 90.1 Å². The van der Waals surface area contributed by atoms with Crippen molar-refractivity contribution < 1.29 is 4.79 Å². The molecular weight excluding hydrogens is 188 g/mol. The van der Waals surface area contributed by atoms with E-state index in [1.165, 1.54) is 6.42 Å². The lowest BCUT2D eigenvalue weighted by atomic mass is 9.85. The van der Waals surface area contributed by atoms with Crippen molar-refractivity contribution in [2.75, 3.05) is 12.1 Å². The Balaban J connectivity index is 1.91. The molecule has 0 saturated heterocycles. The van der Waals surface area contributed by atoms with Gasteiger partial charge in [-0.25, -0.2) is 0 Å². The summed E-state index contributed by atoms with van der Waals surface area (Å²) in [5, 5.41) is 1.78. The second kappa shape index (κ2) is 4.34. The summed E-state index contributed by atoms with van der Waals surface area (Å²) in [5.41, 5.74) is 3.90. The summed E-state index contributed by atoms with van der Waals surface area (Å²) in [6.07, 6.45) is 3.26. The first-order valence-electron chi connectivity index (χ1n) is 5.36. The fraction of sp³-hybridized carbons (Fsp3) is 0.417. The molecule has 1 amide bonds. The average Bonchev–Trinajstić information content (AvgIpc) is 2.16. The zero-order valence-corrected chi connectivity index (χ0v) is 8.94. The van der Waals surface area contributed by atoms with Crippen molar-refractivity contribution >= 4 is 11.6 Å². The van der Waals surface area contributed by atoms with Crippen molar-refractivity contribution in [1.82, 2.24) is 5.43 Å². The van der Waals surface area contributed by atoms with Crippen LogP contribution in [0.1, 0.15) is 19.3 Å². The number of carbonyl (C=O) groups is 1. The van der Waals surface area contributed by atoms with Crippen LogP contribution in [0.5, 0.6) is 0 Å². The summed E-state index contributed by atoms with van der Waals surface area (Å²) in [7, 11) is 1.87. The number of rotatable bonds is 3. The van der Waals surface area contributed by atoms with Crippen LogP contribution < -0.4 is 10.4 Å². The lowest BCUT2D eigenvalue weighted by molar-refractivity contribution is -0.127. The fourth-order valence-corrected chi connectivity index (χ4v) is 1.64. The lowest BCUT2D eigenvalue weighted by Crippen LogP contribution is -2.44. The number of hydrazine groups is 1. The normalized spacial score (nSPS) is 15.5. The lowest BCUT2D eigenvalue weighted by Gasteiger charge is -2.28. The number of carbonyl (C=O) groups excluding carboxylic acids is 1. The fourth-order valence-electron chi connectivity index (χ4n) is 1.64. The van der Waals surface area contributed by atoms with E-state index in [4.69, 9.17) is 0 Å². The van der Waals surface area contributed by atoms with E-state index in [0.717, 1.165) is 18.5 Å². The maximum atomic E-state index is 11.7. The maximum Gasteiger partial charge on any atom is 0.241 e. The molecule has 1 aliphatic carbocycles. The van der Waals surface area contributed by atoms with Gasteiger partial charge in [0.1, 0.15) is 0 Å². The van der Waals surface area contributed by atoms with E-state index >= 15 is 0 Å². The van der Waals surface area contributed by atoms with Crippen molar-refractivity contribution in [1.29, 1.82) is 0 Å². The molecule has 0 atom stereocenters. The van der Waals surface area contributed by atoms with E-state index in [9.17, 15) is 4.79 Å². The van der Waals surface area contributed by atoms with E-state index in [2.05, 4.69) is 5.43 Å². The van der Waals surface area contributed by atoms with E-state index in [1.807, 2.05) is 37.4 Å². The quantitative estimate of drug-likeness (QED) is 0.763. The van der Waals surface area contributed by atoms with Crippen molar-refractivity contribution in [2.24, 2.45) is 5.92 Å². The molecule has 0 bridgehead atoms. The number of nitrogens with one attached hydrogen (secondary N) is 1. The Kier molecular flexibility index (Phi) is 2.90. The number of anilines is 1. The first kappa shape index (κ1) is 10.0. The van der Waals surface area contributed by atoms with Crippen LogP contribution in [0.25, 0.3) is 0 Å². The number of benzene rings is 1. The number of para-hydroxylation sites is 1. The monoisotopic (exact) mass is 204 g/mol. The minimum Gasteiger partial charge on any atom is -0.289 e. The second-order valence-electron chi connectivity index (χ2n) is 4.00. The van der Waals surface area contributed by atoms with Crippen LogP contribution in [0.2, 0.25) is 0 Å². The van der Waals surface area contributed by atoms with Gasteiger partial charge in [-0.1, -0.05) is 24.6 Å². The molecule has 1 N–H and O–H groups in total. The third-order valence-corrected chi connectivity index (χ3v) is 2.90. The third-order valence-electron chi connectivity index (χ3n) is 2.90. The molecule has 0 aliphatic heterocycles. The molecule has 1 aromatic rings. The molecule has 0 aromatic heterocycles. The van der Waals surface area contributed by atoms with E-state index in [-0.39, 0.29) is 11.8 Å². The van der Waals surface area contributed by atoms with Crippen molar-refractivity contribution in [2.45, 2.75) is 19.3 Å². The summed E-state index contributed by atoms with van der Waals surface area (Å²) in [5.74, 6) is 0.378. The Morgan fingerprint density at radius 2 is 2.00 bits per heavy atom. The topological polar surface area (TPSA) is 32.3 Å². The summed E-state index contributed by atoms with van der Waals surface area (Å²) in [6, 6.07) is 9.83. The van der Waals surface area contributed by atoms with Gasteiger partial charge in [-0.3, -0.25) is 15.2 Å². The number of hydrogen-bond acceptors (Lipinski definition) is 2. The summed E-state index contributed by atoms with van der Waals surface area (Å²) >= 11 is 0. The molecule has 15 heavy (non-hydrogen) atoms. The van der Waals surface area contributed by atoms with Gasteiger partial charge < -0.3 is 0 Å². The molecule has 3 nitrogen and oxygen atoms in total. The summed E-state index contributed by atoms with van der Waals surface area (Å²) in [4.78, 5) is 11.7. The van der Waals surface area contributed by atoms with Crippen LogP contribution in [0.15, 0.2) is 30.3 Å². The molecule has 3 heteroatoms. The van der Waals surface area contributed by atoms with E-state index in [1.54, 1.807) is 5.01 Å². The highest BCUT2D eigenvalue weighted by atomic mass is 16.2. The van der Waals surface area contributed by atoms with Crippen LogP contribution in [0.4, 0.5) is 5.69 Å². The van der Waals surface area contributed by atoms with Crippen LogP contribution in [0, 0.1) is 5.92 Å². The van der Waals surface area contributed by atoms with Gasteiger partial charge in [0.2, 0.25) is 5.91 Å². The van der Waals surface area contributed by atoms with Gasteiger partial charge in [0.15, 0.2) is 0 Å². The highest BCUT2D eigenvalue weighted by Gasteiger charge is 2.25. The largest absolute Gasteiger partial charge is 0.289 e. The maximum absolute atomic E-state index is 11.7. The van der Waals surface area contributed by atoms with Crippen LogP contribution >= 0.6 is 0 Å². The molecule has 1 aromatic carbocycles. The standard InChI is InChI=1S/C12H16N2O/c1-14(11-8-3-2-4-9-11)13-12(15)10-6-5-7-10/h2-4,8-10H,5-7H2,1H3,(H,13,15). The molecule has 0 heterocycles. The first-order valence-corrected chi connectivity index (χ1v) is 5.36. The molecule has 1 aliphatic rings. The highest BCUT2D eigenvalue weighted by molar-refractivity contribution is 5.80. The Bertz CT molecular complexity index is 333. The molecule has 0 unspecified atom stereocenters. The van der Waals surface area contributed by atoms with Crippen molar-refractivity contribution in [3.05, 3.63) is 30.3 Å². The minimum atomic E-state index is 0.146. The third kappa shape index (κ3) is 2.29. The smallest absolute Gasteiger partial charge is 0.241 e. The number of hydrogen-bond donors (Lipinski definition) is 1. The molecule has 0 spiro atoms.